The molecule has 1 amide bonds. The number of nitrogens with zero attached hydrogens (tertiary/aromatic N) is 1. The highest BCUT2D eigenvalue weighted by atomic mass is 79.9. The summed E-state index contributed by atoms with van der Waals surface area (Å²) in [6, 6.07) is 13.3. The van der Waals surface area contributed by atoms with Crippen molar-refractivity contribution in [3.63, 3.8) is 0 Å². The summed E-state index contributed by atoms with van der Waals surface area (Å²) in [6.07, 6.45) is 0. The van der Waals surface area contributed by atoms with Gasteiger partial charge in [-0.15, -0.1) is 0 Å². The van der Waals surface area contributed by atoms with Crippen molar-refractivity contribution < 1.29 is 17.9 Å². The van der Waals surface area contributed by atoms with Crippen LogP contribution in [0.1, 0.15) is 10.4 Å². The number of carbonyl (C=O) groups is 1. The summed E-state index contributed by atoms with van der Waals surface area (Å²) in [5.41, 5.74) is 0.902. The molecule has 0 atom stereocenters. The van der Waals surface area contributed by atoms with E-state index in [1.54, 1.807) is 24.3 Å². The van der Waals surface area contributed by atoms with E-state index in [1.165, 1.54) is 16.4 Å². The van der Waals surface area contributed by atoms with Gasteiger partial charge in [-0.3, -0.25) is 4.79 Å². The molecule has 25 heavy (non-hydrogen) atoms. The van der Waals surface area contributed by atoms with Crippen molar-refractivity contribution in [2.75, 3.05) is 31.6 Å². The van der Waals surface area contributed by atoms with Crippen molar-refractivity contribution in [1.82, 2.24) is 4.31 Å². The van der Waals surface area contributed by atoms with Crippen molar-refractivity contribution in [1.29, 1.82) is 0 Å². The molecule has 1 aliphatic rings. The standard InChI is InChI=1S/C17H17BrN2O4S/c18-15-6-1-2-7-16(15)19-17(21)13-4-3-5-14(12-13)25(22,23)20-8-10-24-11-9-20/h1-7,12H,8-11H2,(H,19,21). The summed E-state index contributed by atoms with van der Waals surface area (Å²) in [7, 11) is -3.64. The fourth-order valence-electron chi connectivity index (χ4n) is 2.49. The largest absolute Gasteiger partial charge is 0.379 e. The smallest absolute Gasteiger partial charge is 0.255 e. The lowest BCUT2D eigenvalue weighted by Crippen LogP contribution is -2.40. The number of hydrogen-bond donors (Lipinski definition) is 1. The number of benzene rings is 2. The Hall–Kier alpha value is -1.74. The number of nitrogens with one attached hydrogen (secondary N) is 1. The van der Waals surface area contributed by atoms with Gasteiger partial charge < -0.3 is 10.1 Å². The molecule has 3 rings (SSSR count). The van der Waals surface area contributed by atoms with Crippen molar-refractivity contribution in [3.8, 4) is 0 Å². The maximum Gasteiger partial charge on any atom is 0.255 e. The number of carbonyl (C=O) groups excluding carboxylic acids is 1. The van der Waals surface area contributed by atoms with Crippen LogP contribution in [0.2, 0.25) is 0 Å². The van der Waals surface area contributed by atoms with Crippen LogP contribution in [0.3, 0.4) is 0 Å². The van der Waals surface area contributed by atoms with E-state index in [-0.39, 0.29) is 16.4 Å². The molecular formula is C17H17BrN2O4S. The summed E-state index contributed by atoms with van der Waals surface area (Å²) >= 11 is 3.37. The molecule has 1 saturated heterocycles. The van der Waals surface area contributed by atoms with E-state index in [0.717, 1.165) is 4.47 Å². The molecule has 1 aliphatic heterocycles. The summed E-state index contributed by atoms with van der Waals surface area (Å²) in [6.45, 7) is 1.38. The van der Waals surface area contributed by atoms with Crippen LogP contribution in [0, 0.1) is 0 Å². The Labute approximate surface area is 155 Å². The molecule has 1 fully saturated rings. The molecule has 0 radical (unpaired) electrons. The Morgan fingerprint density at radius 2 is 1.80 bits per heavy atom. The fourth-order valence-corrected chi connectivity index (χ4v) is 4.33. The van der Waals surface area contributed by atoms with Crippen LogP contribution < -0.4 is 5.32 Å². The Balaban J connectivity index is 1.83. The minimum absolute atomic E-state index is 0.106. The molecule has 6 nitrogen and oxygen atoms in total. The van der Waals surface area contributed by atoms with Gasteiger partial charge in [0.05, 0.1) is 23.8 Å². The van der Waals surface area contributed by atoms with Crippen molar-refractivity contribution in [3.05, 3.63) is 58.6 Å². The summed E-state index contributed by atoms with van der Waals surface area (Å²) in [5, 5.41) is 2.77. The average molecular weight is 425 g/mol. The van der Waals surface area contributed by atoms with Gasteiger partial charge in [-0.25, -0.2) is 8.42 Å². The van der Waals surface area contributed by atoms with Gasteiger partial charge in [-0.2, -0.15) is 4.31 Å². The second-order valence-electron chi connectivity index (χ2n) is 5.48. The zero-order valence-corrected chi connectivity index (χ0v) is 15.7. The average Bonchev–Trinajstić information content (AvgIpc) is 2.64. The van der Waals surface area contributed by atoms with E-state index in [4.69, 9.17) is 4.74 Å². The van der Waals surface area contributed by atoms with Crippen LogP contribution in [0.25, 0.3) is 0 Å². The molecule has 0 bridgehead atoms. The minimum atomic E-state index is -3.64. The number of para-hydroxylation sites is 1. The number of sulfonamides is 1. The first kappa shape index (κ1) is 18.1. The Morgan fingerprint density at radius 3 is 2.52 bits per heavy atom. The third-order valence-corrected chi connectivity index (χ3v) is 6.41. The first-order valence-corrected chi connectivity index (χ1v) is 9.95. The van der Waals surface area contributed by atoms with Crippen LogP contribution in [0.4, 0.5) is 5.69 Å². The van der Waals surface area contributed by atoms with Crippen molar-refractivity contribution in [2.24, 2.45) is 0 Å². The molecule has 132 valence electrons. The zero-order valence-electron chi connectivity index (χ0n) is 13.3. The molecule has 8 heteroatoms. The number of rotatable bonds is 4. The van der Waals surface area contributed by atoms with Gasteiger partial charge >= 0.3 is 0 Å². The number of anilines is 1. The third kappa shape index (κ3) is 4.09. The molecule has 1 N–H and O–H groups in total. The maximum atomic E-state index is 12.7. The van der Waals surface area contributed by atoms with Crippen molar-refractivity contribution >= 4 is 37.5 Å². The van der Waals surface area contributed by atoms with Gasteiger partial charge in [0.1, 0.15) is 0 Å². The lowest BCUT2D eigenvalue weighted by atomic mass is 10.2. The Morgan fingerprint density at radius 1 is 1.08 bits per heavy atom. The van der Waals surface area contributed by atoms with Gasteiger partial charge in [0.15, 0.2) is 0 Å². The second-order valence-corrected chi connectivity index (χ2v) is 8.27. The van der Waals surface area contributed by atoms with E-state index in [0.29, 0.717) is 32.0 Å². The van der Waals surface area contributed by atoms with Crippen LogP contribution in [-0.2, 0) is 14.8 Å². The summed E-state index contributed by atoms with van der Waals surface area (Å²) in [4.78, 5) is 12.6. The van der Waals surface area contributed by atoms with E-state index in [9.17, 15) is 13.2 Å². The van der Waals surface area contributed by atoms with Gasteiger partial charge in [-0.1, -0.05) is 18.2 Å². The molecule has 2 aromatic carbocycles. The van der Waals surface area contributed by atoms with E-state index < -0.39 is 10.0 Å². The number of ether oxygens (including phenoxy) is 1. The van der Waals surface area contributed by atoms with E-state index >= 15 is 0 Å². The van der Waals surface area contributed by atoms with Gasteiger partial charge in [-0.05, 0) is 46.3 Å². The Bertz CT molecular complexity index is 880. The zero-order chi connectivity index (χ0) is 17.9. The Kier molecular flexibility index (Phi) is 5.53. The fraction of sp³-hybridized carbons (Fsp3) is 0.235. The number of halogens is 1. The first-order chi connectivity index (χ1) is 12.0. The topological polar surface area (TPSA) is 75.7 Å². The van der Waals surface area contributed by atoms with E-state index in [2.05, 4.69) is 21.2 Å². The van der Waals surface area contributed by atoms with Crippen LogP contribution in [-0.4, -0.2) is 44.9 Å². The monoisotopic (exact) mass is 424 g/mol. The highest BCUT2D eigenvalue weighted by Crippen LogP contribution is 2.23. The number of hydrogen-bond acceptors (Lipinski definition) is 4. The highest BCUT2D eigenvalue weighted by molar-refractivity contribution is 9.10. The van der Waals surface area contributed by atoms with Crippen LogP contribution in [0.15, 0.2) is 57.9 Å². The molecule has 0 aromatic heterocycles. The summed E-state index contributed by atoms with van der Waals surface area (Å²) in [5.74, 6) is -0.370. The minimum Gasteiger partial charge on any atom is -0.379 e. The molecule has 0 unspecified atom stereocenters. The normalized spacial score (nSPS) is 15.7. The quantitative estimate of drug-likeness (QED) is 0.818. The maximum absolute atomic E-state index is 12.7. The predicted octanol–water partition coefficient (Wildman–Crippen LogP) is 2.72. The molecule has 0 spiro atoms. The third-order valence-electron chi connectivity index (χ3n) is 3.83. The molecule has 1 heterocycles. The number of morpholine rings is 1. The van der Waals surface area contributed by atoms with Crippen LogP contribution >= 0.6 is 15.9 Å². The SMILES string of the molecule is O=C(Nc1ccccc1Br)c1cccc(S(=O)(=O)N2CCOCC2)c1. The molecule has 2 aromatic rings. The van der Waals surface area contributed by atoms with Gasteiger partial charge in [0, 0.05) is 23.1 Å². The lowest BCUT2D eigenvalue weighted by Gasteiger charge is -2.26. The second kappa shape index (κ2) is 7.65. The first-order valence-electron chi connectivity index (χ1n) is 7.72. The van der Waals surface area contributed by atoms with Gasteiger partial charge in [0.2, 0.25) is 10.0 Å². The molecule has 0 aliphatic carbocycles. The molecular weight excluding hydrogens is 408 g/mol. The summed E-state index contributed by atoms with van der Waals surface area (Å²) < 4.78 is 32.7. The predicted molar refractivity (Wildman–Crippen MR) is 98.1 cm³/mol. The molecule has 0 saturated carbocycles. The van der Waals surface area contributed by atoms with E-state index in [1.807, 2.05) is 12.1 Å². The lowest BCUT2D eigenvalue weighted by molar-refractivity contribution is 0.0730. The van der Waals surface area contributed by atoms with Gasteiger partial charge in [0.25, 0.3) is 5.91 Å². The van der Waals surface area contributed by atoms with Crippen molar-refractivity contribution in [2.45, 2.75) is 4.90 Å². The van der Waals surface area contributed by atoms with Crippen LogP contribution in [0.5, 0.6) is 0 Å². The number of amides is 1. The highest BCUT2D eigenvalue weighted by Gasteiger charge is 2.26.